The highest BCUT2D eigenvalue weighted by Gasteiger charge is 2.11. The fourth-order valence-corrected chi connectivity index (χ4v) is 3.13. The number of amides is 1. The zero-order chi connectivity index (χ0) is 18.6. The summed E-state index contributed by atoms with van der Waals surface area (Å²) < 4.78 is 12.7. The van der Waals surface area contributed by atoms with Crippen molar-refractivity contribution in [3.8, 4) is 11.5 Å². The van der Waals surface area contributed by atoms with Gasteiger partial charge in [-0.15, -0.1) is 0 Å². The first-order valence-corrected chi connectivity index (χ1v) is 8.76. The van der Waals surface area contributed by atoms with Crippen molar-refractivity contribution in [2.24, 2.45) is 5.73 Å². The molecule has 0 saturated heterocycles. The number of fused-ring (bicyclic) bond motifs is 1. The molecule has 138 valence electrons. The number of primary amides is 1. The molecule has 0 spiro atoms. The first-order chi connectivity index (χ1) is 13.2. The van der Waals surface area contributed by atoms with Crippen LogP contribution in [0.1, 0.15) is 17.7 Å². The normalized spacial score (nSPS) is 11.3. The Hall–Kier alpha value is -3.32. The van der Waals surface area contributed by atoms with Crippen molar-refractivity contribution in [2.45, 2.75) is 26.1 Å². The zero-order valence-corrected chi connectivity index (χ0v) is 14.7. The van der Waals surface area contributed by atoms with Crippen LogP contribution in [0.5, 0.6) is 0 Å². The monoisotopic (exact) mass is 364 g/mol. The van der Waals surface area contributed by atoms with Crippen LogP contribution in [0, 0.1) is 0 Å². The number of hydrogen-bond acceptors (Lipinski definition) is 5. The fraction of sp³-hybridized carbons (Fsp3) is 0.200. The van der Waals surface area contributed by atoms with Crippen molar-refractivity contribution in [1.82, 2.24) is 15.0 Å². The maximum atomic E-state index is 11.1. The molecular weight excluding hydrogens is 344 g/mol. The van der Waals surface area contributed by atoms with Crippen LogP contribution in [0.2, 0.25) is 0 Å². The quantitative estimate of drug-likeness (QED) is 0.501. The van der Waals surface area contributed by atoms with Crippen molar-refractivity contribution >= 4 is 16.8 Å². The van der Waals surface area contributed by atoms with Gasteiger partial charge in [-0.05, 0) is 23.8 Å². The third-order valence-electron chi connectivity index (χ3n) is 4.41. The van der Waals surface area contributed by atoms with Crippen LogP contribution in [-0.2, 0) is 24.4 Å². The van der Waals surface area contributed by atoms with E-state index < -0.39 is 0 Å². The number of carbonyl (C=O) groups is 1. The number of hydrogen-bond donors (Lipinski definition) is 2. The third-order valence-corrected chi connectivity index (χ3v) is 4.41. The van der Waals surface area contributed by atoms with Crippen LogP contribution < -0.4 is 11.1 Å². The Labute approximate surface area is 155 Å². The molecule has 3 heterocycles. The topological polar surface area (TPSA) is 99.2 Å². The summed E-state index contributed by atoms with van der Waals surface area (Å²) in [5.74, 6) is 0.969. The standard InChI is InChI=1S/C20H20N4O3/c21-20(25)7-8-24-13-14(16-4-1-2-5-17(16)24)11-22-12-15-10-19(27-23-15)18-6-3-9-26-18/h1-6,9-10,13,22H,7-8,11-12H2,(H2,21,25). The molecule has 0 aliphatic rings. The lowest BCUT2D eigenvalue weighted by Crippen LogP contribution is -2.14. The van der Waals surface area contributed by atoms with Crippen LogP contribution in [0.3, 0.4) is 0 Å². The van der Waals surface area contributed by atoms with Crippen LogP contribution in [0.25, 0.3) is 22.4 Å². The van der Waals surface area contributed by atoms with Gasteiger partial charge in [0.05, 0.1) is 12.0 Å². The number of nitrogens with one attached hydrogen (secondary N) is 1. The van der Waals surface area contributed by atoms with Gasteiger partial charge in [-0.1, -0.05) is 23.4 Å². The molecule has 0 unspecified atom stereocenters. The first kappa shape index (κ1) is 17.1. The summed E-state index contributed by atoms with van der Waals surface area (Å²) in [5, 5.41) is 8.61. The number of para-hydroxylation sites is 1. The Bertz CT molecular complexity index is 1050. The van der Waals surface area contributed by atoms with E-state index in [1.807, 2.05) is 36.4 Å². The average molecular weight is 364 g/mol. The largest absolute Gasteiger partial charge is 0.461 e. The van der Waals surface area contributed by atoms with E-state index >= 15 is 0 Å². The van der Waals surface area contributed by atoms with E-state index in [9.17, 15) is 4.79 Å². The molecule has 4 rings (SSSR count). The van der Waals surface area contributed by atoms with Crippen LogP contribution in [-0.4, -0.2) is 15.6 Å². The molecule has 1 aromatic carbocycles. The number of nitrogens with two attached hydrogens (primary N) is 1. The number of carbonyl (C=O) groups excluding carboxylic acids is 1. The van der Waals surface area contributed by atoms with Crippen molar-refractivity contribution in [3.63, 3.8) is 0 Å². The maximum Gasteiger partial charge on any atom is 0.219 e. The second kappa shape index (κ2) is 7.51. The van der Waals surface area contributed by atoms with Gasteiger partial charge >= 0.3 is 0 Å². The van der Waals surface area contributed by atoms with Crippen molar-refractivity contribution < 1.29 is 13.7 Å². The van der Waals surface area contributed by atoms with E-state index in [2.05, 4.69) is 27.3 Å². The van der Waals surface area contributed by atoms with Gasteiger partial charge < -0.3 is 24.6 Å². The highest BCUT2D eigenvalue weighted by atomic mass is 16.5. The summed E-state index contributed by atoms with van der Waals surface area (Å²) in [6, 6.07) is 13.6. The molecule has 3 aromatic heterocycles. The molecule has 0 aliphatic heterocycles. The lowest BCUT2D eigenvalue weighted by molar-refractivity contribution is -0.118. The van der Waals surface area contributed by atoms with Crippen LogP contribution in [0.15, 0.2) is 63.9 Å². The molecule has 1 amide bonds. The average Bonchev–Trinajstić information content (AvgIpc) is 3.40. The number of aromatic nitrogens is 2. The highest BCUT2D eigenvalue weighted by Crippen LogP contribution is 2.23. The molecule has 7 heteroatoms. The molecule has 0 bridgehead atoms. The van der Waals surface area contributed by atoms with Crippen LogP contribution in [0.4, 0.5) is 0 Å². The number of benzene rings is 1. The Morgan fingerprint density at radius 3 is 2.85 bits per heavy atom. The first-order valence-electron chi connectivity index (χ1n) is 8.76. The molecule has 0 fully saturated rings. The predicted molar refractivity (Wildman–Crippen MR) is 100 cm³/mol. The van der Waals surface area contributed by atoms with E-state index in [4.69, 9.17) is 14.7 Å². The van der Waals surface area contributed by atoms with Gasteiger partial charge in [-0.3, -0.25) is 4.79 Å². The van der Waals surface area contributed by atoms with Gasteiger partial charge in [0.15, 0.2) is 5.76 Å². The van der Waals surface area contributed by atoms with Gasteiger partial charge in [-0.25, -0.2) is 0 Å². The Morgan fingerprint density at radius 2 is 2.04 bits per heavy atom. The summed E-state index contributed by atoms with van der Waals surface area (Å²) in [4.78, 5) is 11.1. The second-order valence-corrected chi connectivity index (χ2v) is 6.34. The van der Waals surface area contributed by atoms with Gasteiger partial charge in [0.2, 0.25) is 11.7 Å². The Balaban J connectivity index is 1.44. The van der Waals surface area contributed by atoms with Gasteiger partial charge in [0.1, 0.15) is 0 Å². The zero-order valence-electron chi connectivity index (χ0n) is 14.7. The minimum Gasteiger partial charge on any atom is -0.461 e. The number of rotatable bonds is 8. The smallest absolute Gasteiger partial charge is 0.219 e. The summed E-state index contributed by atoms with van der Waals surface area (Å²) >= 11 is 0. The van der Waals surface area contributed by atoms with Gasteiger partial charge in [0.25, 0.3) is 0 Å². The summed E-state index contributed by atoms with van der Waals surface area (Å²) in [7, 11) is 0. The van der Waals surface area contributed by atoms with E-state index in [0.717, 1.165) is 22.2 Å². The summed E-state index contributed by atoms with van der Waals surface area (Å²) in [6.45, 7) is 1.82. The predicted octanol–water partition coefficient (Wildman–Crippen LogP) is 3.05. The van der Waals surface area contributed by atoms with Gasteiger partial charge in [0, 0.05) is 49.2 Å². The molecule has 7 nitrogen and oxygen atoms in total. The lowest BCUT2D eigenvalue weighted by atomic mass is 10.2. The van der Waals surface area contributed by atoms with E-state index in [1.165, 1.54) is 0 Å². The number of aryl methyl sites for hydroxylation is 1. The maximum absolute atomic E-state index is 11.1. The van der Waals surface area contributed by atoms with E-state index in [0.29, 0.717) is 37.6 Å². The molecule has 0 radical (unpaired) electrons. The van der Waals surface area contributed by atoms with Crippen LogP contribution >= 0.6 is 0 Å². The second-order valence-electron chi connectivity index (χ2n) is 6.34. The van der Waals surface area contributed by atoms with E-state index in [1.54, 1.807) is 6.26 Å². The van der Waals surface area contributed by atoms with Gasteiger partial charge in [-0.2, -0.15) is 0 Å². The SMILES string of the molecule is NC(=O)CCn1cc(CNCc2cc(-c3ccco3)on2)c2ccccc21. The molecule has 27 heavy (non-hydrogen) atoms. The lowest BCUT2D eigenvalue weighted by Gasteiger charge is -2.02. The van der Waals surface area contributed by atoms with Crippen molar-refractivity contribution in [2.75, 3.05) is 0 Å². The molecule has 0 atom stereocenters. The summed E-state index contributed by atoms with van der Waals surface area (Å²) in [6.07, 6.45) is 3.99. The van der Waals surface area contributed by atoms with Crippen molar-refractivity contribution in [3.05, 3.63) is 66.2 Å². The number of nitrogens with zero attached hydrogens (tertiary/aromatic N) is 2. The molecule has 0 aliphatic carbocycles. The molecule has 0 saturated carbocycles. The molecular formula is C20H20N4O3. The van der Waals surface area contributed by atoms with E-state index in [-0.39, 0.29) is 5.91 Å². The molecule has 3 N–H and O–H groups in total. The Kier molecular flexibility index (Phi) is 4.76. The minimum absolute atomic E-state index is 0.300. The fourth-order valence-electron chi connectivity index (χ4n) is 3.13. The van der Waals surface area contributed by atoms with Crippen molar-refractivity contribution in [1.29, 1.82) is 0 Å². The highest BCUT2D eigenvalue weighted by molar-refractivity contribution is 5.84. The Morgan fingerprint density at radius 1 is 1.15 bits per heavy atom. The summed E-state index contributed by atoms with van der Waals surface area (Å²) in [5.41, 5.74) is 8.34. The number of furan rings is 1. The molecule has 4 aromatic rings. The minimum atomic E-state index is -0.300. The third kappa shape index (κ3) is 3.78.